The van der Waals surface area contributed by atoms with E-state index in [4.69, 9.17) is 10.5 Å². The third-order valence-electron chi connectivity index (χ3n) is 2.23. The first-order valence-electron chi connectivity index (χ1n) is 5.06. The van der Waals surface area contributed by atoms with Crippen LogP contribution >= 0.6 is 0 Å². The summed E-state index contributed by atoms with van der Waals surface area (Å²) in [6.45, 7) is 2.26. The smallest absolute Gasteiger partial charge is 0.380 e. The van der Waals surface area contributed by atoms with Crippen LogP contribution in [-0.2, 0) is 10.9 Å². The van der Waals surface area contributed by atoms with Crippen LogP contribution in [-0.4, -0.2) is 13.2 Å². The van der Waals surface area contributed by atoms with Gasteiger partial charge in [-0.3, -0.25) is 0 Å². The number of hydrogen-bond donors (Lipinski definition) is 1. The lowest BCUT2D eigenvalue weighted by atomic mass is 10.0. The van der Waals surface area contributed by atoms with Gasteiger partial charge in [-0.15, -0.1) is 0 Å². The fraction of sp³-hybridized carbons (Fsp3) is 0.455. The van der Waals surface area contributed by atoms with Crippen LogP contribution in [0.4, 0.5) is 17.6 Å². The quantitative estimate of drug-likeness (QED) is 0.835. The van der Waals surface area contributed by atoms with E-state index in [1.165, 1.54) is 6.07 Å². The molecule has 1 unspecified atom stereocenters. The maximum absolute atomic E-state index is 13.0. The van der Waals surface area contributed by atoms with E-state index in [9.17, 15) is 17.6 Å². The van der Waals surface area contributed by atoms with E-state index in [0.29, 0.717) is 6.61 Å². The summed E-state index contributed by atoms with van der Waals surface area (Å²) in [6, 6.07) is 2.02. The Morgan fingerprint density at radius 2 is 2.00 bits per heavy atom. The van der Waals surface area contributed by atoms with Gasteiger partial charge in [0.1, 0.15) is 5.82 Å². The van der Waals surface area contributed by atoms with Crippen LogP contribution in [0.5, 0.6) is 0 Å². The molecule has 0 spiro atoms. The maximum atomic E-state index is 13.0. The molecule has 0 fully saturated rings. The van der Waals surface area contributed by atoms with Gasteiger partial charge in [0, 0.05) is 6.61 Å². The molecule has 6 heteroatoms. The van der Waals surface area contributed by atoms with Gasteiger partial charge < -0.3 is 10.5 Å². The fourth-order valence-electron chi connectivity index (χ4n) is 1.33. The lowest BCUT2D eigenvalue weighted by Crippen LogP contribution is -2.18. The molecule has 17 heavy (non-hydrogen) atoms. The number of hydrogen-bond acceptors (Lipinski definition) is 2. The maximum Gasteiger partial charge on any atom is 0.419 e. The monoisotopic (exact) mass is 251 g/mol. The van der Waals surface area contributed by atoms with E-state index in [2.05, 4.69) is 0 Å². The molecule has 2 N–H and O–H groups in total. The Kier molecular flexibility index (Phi) is 4.47. The highest BCUT2D eigenvalue weighted by atomic mass is 19.4. The Morgan fingerprint density at radius 1 is 1.35 bits per heavy atom. The van der Waals surface area contributed by atoms with Gasteiger partial charge in [-0.2, -0.15) is 13.2 Å². The van der Waals surface area contributed by atoms with E-state index in [0.717, 1.165) is 12.1 Å². The molecule has 1 rings (SSSR count). The van der Waals surface area contributed by atoms with Gasteiger partial charge in [-0.1, -0.05) is 6.07 Å². The number of alkyl halides is 3. The Hall–Kier alpha value is -1.14. The Morgan fingerprint density at radius 3 is 2.53 bits per heavy atom. The molecule has 0 aliphatic carbocycles. The second kappa shape index (κ2) is 5.46. The van der Waals surface area contributed by atoms with Crippen LogP contribution in [0.2, 0.25) is 0 Å². The SMILES string of the molecule is CCOCC(N)c1ccc(F)c(C(F)(F)F)c1. The zero-order valence-electron chi connectivity index (χ0n) is 9.22. The number of nitrogens with two attached hydrogens (primary N) is 1. The number of benzene rings is 1. The standard InChI is InChI=1S/C11H13F4NO/c1-2-17-6-10(16)7-3-4-9(12)8(5-7)11(13,14)15/h3-5,10H,2,6,16H2,1H3. The summed E-state index contributed by atoms with van der Waals surface area (Å²) < 4.78 is 55.3. The van der Waals surface area contributed by atoms with Crippen molar-refractivity contribution in [1.29, 1.82) is 0 Å². The Balaban J connectivity index is 2.96. The highest BCUT2D eigenvalue weighted by molar-refractivity contribution is 5.29. The average molecular weight is 251 g/mol. The minimum Gasteiger partial charge on any atom is -0.380 e. The van der Waals surface area contributed by atoms with E-state index in [1.54, 1.807) is 6.92 Å². The average Bonchev–Trinajstić information content (AvgIpc) is 2.25. The van der Waals surface area contributed by atoms with E-state index in [1.807, 2.05) is 0 Å². The Bertz CT molecular complexity index is 378. The van der Waals surface area contributed by atoms with Crippen molar-refractivity contribution >= 4 is 0 Å². The molecular weight excluding hydrogens is 238 g/mol. The molecule has 0 saturated carbocycles. The first-order chi connectivity index (χ1) is 7.86. The van der Waals surface area contributed by atoms with Crippen molar-refractivity contribution in [3.05, 3.63) is 35.1 Å². The molecule has 0 amide bonds. The highest BCUT2D eigenvalue weighted by Gasteiger charge is 2.34. The molecule has 1 aromatic rings. The van der Waals surface area contributed by atoms with Gasteiger partial charge in [0.05, 0.1) is 18.2 Å². The molecular formula is C11H13F4NO. The van der Waals surface area contributed by atoms with Gasteiger partial charge in [0.15, 0.2) is 0 Å². The molecule has 96 valence electrons. The largest absolute Gasteiger partial charge is 0.419 e. The predicted octanol–water partition coefficient (Wildman–Crippen LogP) is 2.88. The van der Waals surface area contributed by atoms with Crippen molar-refractivity contribution in [1.82, 2.24) is 0 Å². The van der Waals surface area contributed by atoms with Crippen molar-refractivity contribution < 1.29 is 22.3 Å². The first kappa shape index (κ1) is 13.9. The van der Waals surface area contributed by atoms with Gasteiger partial charge in [0.25, 0.3) is 0 Å². The van der Waals surface area contributed by atoms with Gasteiger partial charge >= 0.3 is 6.18 Å². The van der Waals surface area contributed by atoms with Crippen molar-refractivity contribution in [2.24, 2.45) is 5.73 Å². The van der Waals surface area contributed by atoms with E-state index in [-0.39, 0.29) is 12.2 Å². The fourth-order valence-corrected chi connectivity index (χ4v) is 1.33. The minimum absolute atomic E-state index is 0.0967. The molecule has 0 saturated heterocycles. The summed E-state index contributed by atoms with van der Waals surface area (Å²) in [4.78, 5) is 0. The lowest BCUT2D eigenvalue weighted by Gasteiger charge is -2.15. The van der Waals surface area contributed by atoms with Crippen molar-refractivity contribution in [2.45, 2.75) is 19.1 Å². The highest BCUT2D eigenvalue weighted by Crippen LogP contribution is 2.32. The van der Waals surface area contributed by atoms with Crippen molar-refractivity contribution in [2.75, 3.05) is 13.2 Å². The molecule has 2 nitrogen and oxygen atoms in total. The minimum atomic E-state index is -4.72. The number of halogens is 4. The number of rotatable bonds is 4. The summed E-state index contributed by atoms with van der Waals surface area (Å²) in [5, 5.41) is 0. The predicted molar refractivity (Wildman–Crippen MR) is 54.8 cm³/mol. The van der Waals surface area contributed by atoms with Gasteiger partial charge in [-0.25, -0.2) is 4.39 Å². The summed E-state index contributed by atoms with van der Waals surface area (Å²) in [7, 11) is 0. The second-order valence-corrected chi connectivity index (χ2v) is 3.50. The molecule has 0 radical (unpaired) electrons. The van der Waals surface area contributed by atoms with Crippen LogP contribution < -0.4 is 5.73 Å². The van der Waals surface area contributed by atoms with Gasteiger partial charge in [0.2, 0.25) is 0 Å². The third kappa shape index (κ3) is 3.67. The Labute approximate surface area is 96.4 Å². The summed E-state index contributed by atoms with van der Waals surface area (Å²) >= 11 is 0. The van der Waals surface area contributed by atoms with Crippen LogP contribution in [0.3, 0.4) is 0 Å². The first-order valence-corrected chi connectivity index (χ1v) is 5.06. The van der Waals surface area contributed by atoms with Crippen LogP contribution in [0, 0.1) is 5.82 Å². The molecule has 1 atom stereocenters. The summed E-state index contributed by atoms with van der Waals surface area (Å²) in [5.41, 5.74) is 4.53. The zero-order chi connectivity index (χ0) is 13.1. The van der Waals surface area contributed by atoms with Crippen molar-refractivity contribution in [3.63, 3.8) is 0 Å². The van der Waals surface area contributed by atoms with Crippen LogP contribution in [0.1, 0.15) is 24.1 Å². The third-order valence-corrected chi connectivity index (χ3v) is 2.23. The molecule has 0 heterocycles. The molecule has 0 bridgehead atoms. The van der Waals surface area contributed by atoms with E-state index < -0.39 is 23.6 Å². The van der Waals surface area contributed by atoms with Gasteiger partial charge in [-0.05, 0) is 24.6 Å². The van der Waals surface area contributed by atoms with Crippen LogP contribution in [0.25, 0.3) is 0 Å². The van der Waals surface area contributed by atoms with Crippen LogP contribution in [0.15, 0.2) is 18.2 Å². The van der Waals surface area contributed by atoms with Crippen molar-refractivity contribution in [3.8, 4) is 0 Å². The lowest BCUT2D eigenvalue weighted by molar-refractivity contribution is -0.140. The molecule has 0 aromatic heterocycles. The summed E-state index contributed by atoms with van der Waals surface area (Å²) in [5.74, 6) is -1.30. The topological polar surface area (TPSA) is 35.2 Å². The molecule has 0 aliphatic heterocycles. The normalized spacial score (nSPS) is 13.8. The van der Waals surface area contributed by atoms with E-state index >= 15 is 0 Å². The second-order valence-electron chi connectivity index (χ2n) is 3.50. The molecule has 0 aliphatic rings. The summed E-state index contributed by atoms with van der Waals surface area (Å²) in [6.07, 6.45) is -4.72. The molecule has 1 aromatic carbocycles. The zero-order valence-corrected chi connectivity index (χ0v) is 9.22. The number of ether oxygens (including phenoxy) is 1.